The Kier molecular flexibility index (Phi) is 4.41. The number of rotatable bonds is 4. The molecule has 0 unspecified atom stereocenters. The fraction of sp³-hybridized carbons (Fsp3) is 0.214. The molecule has 0 fully saturated rings. The molecule has 0 saturated heterocycles. The molecule has 7 heteroatoms. The highest BCUT2D eigenvalue weighted by molar-refractivity contribution is 7.16. The van der Waals surface area contributed by atoms with Crippen LogP contribution in [0, 0.1) is 5.82 Å². The summed E-state index contributed by atoms with van der Waals surface area (Å²) in [7, 11) is 0. The van der Waals surface area contributed by atoms with Crippen molar-refractivity contribution in [2.75, 3.05) is 5.88 Å². The number of alkyl halides is 1. The van der Waals surface area contributed by atoms with Crippen LogP contribution >= 0.6 is 46.1 Å². The van der Waals surface area contributed by atoms with Gasteiger partial charge in [-0.2, -0.15) is 0 Å². The van der Waals surface area contributed by atoms with Crippen molar-refractivity contribution >= 4 is 57.2 Å². The second kappa shape index (κ2) is 6.13. The summed E-state index contributed by atoms with van der Waals surface area (Å²) < 4.78 is 16.4. The minimum atomic E-state index is -0.452. The standard InChI is InChI=1S/C14H10Cl3FN2S/c15-4-3-14-19-11-5-9(16)10(18)6-12(11)20(14)7-8-1-2-13(17)21-8/h1-2,5-6H,3-4,7H2. The van der Waals surface area contributed by atoms with E-state index in [2.05, 4.69) is 4.98 Å². The van der Waals surface area contributed by atoms with Crippen molar-refractivity contribution in [3.63, 3.8) is 0 Å². The Labute approximate surface area is 140 Å². The lowest BCUT2D eigenvalue weighted by molar-refractivity contribution is 0.628. The molecule has 21 heavy (non-hydrogen) atoms. The molecule has 0 N–H and O–H groups in total. The molecule has 0 aliphatic rings. The quantitative estimate of drug-likeness (QED) is 0.570. The Balaban J connectivity index is 2.12. The van der Waals surface area contributed by atoms with E-state index in [4.69, 9.17) is 34.8 Å². The van der Waals surface area contributed by atoms with Crippen molar-refractivity contribution in [1.82, 2.24) is 9.55 Å². The summed E-state index contributed by atoms with van der Waals surface area (Å²) >= 11 is 19.1. The van der Waals surface area contributed by atoms with Gasteiger partial charge in [-0.3, -0.25) is 0 Å². The third kappa shape index (κ3) is 3.04. The molecule has 0 atom stereocenters. The van der Waals surface area contributed by atoms with Gasteiger partial charge in [-0.05, 0) is 18.2 Å². The lowest BCUT2D eigenvalue weighted by Gasteiger charge is -2.07. The Morgan fingerprint density at radius 3 is 2.71 bits per heavy atom. The number of thiophene rings is 1. The monoisotopic (exact) mass is 362 g/mol. The van der Waals surface area contributed by atoms with Crippen LogP contribution in [-0.2, 0) is 13.0 Å². The van der Waals surface area contributed by atoms with E-state index < -0.39 is 5.82 Å². The van der Waals surface area contributed by atoms with Gasteiger partial charge in [0.15, 0.2) is 0 Å². The van der Waals surface area contributed by atoms with Crippen LogP contribution in [0.25, 0.3) is 11.0 Å². The first-order chi connectivity index (χ1) is 10.1. The first kappa shape index (κ1) is 15.1. The predicted molar refractivity (Wildman–Crippen MR) is 87.6 cm³/mol. The number of hydrogen-bond donors (Lipinski definition) is 0. The van der Waals surface area contributed by atoms with Gasteiger partial charge in [-0.15, -0.1) is 22.9 Å². The molecule has 3 rings (SSSR count). The molecule has 0 spiro atoms. The molecular weight excluding hydrogens is 354 g/mol. The average molecular weight is 364 g/mol. The van der Waals surface area contributed by atoms with Gasteiger partial charge in [0.05, 0.1) is 26.9 Å². The predicted octanol–water partition coefficient (Wildman–Crippen LogP) is 5.37. The minimum absolute atomic E-state index is 0.0729. The second-order valence-electron chi connectivity index (χ2n) is 4.51. The van der Waals surface area contributed by atoms with Crippen molar-refractivity contribution < 1.29 is 4.39 Å². The summed E-state index contributed by atoms with van der Waals surface area (Å²) in [6, 6.07) is 6.76. The molecule has 0 aliphatic heterocycles. The van der Waals surface area contributed by atoms with E-state index in [-0.39, 0.29) is 5.02 Å². The normalized spacial score (nSPS) is 11.4. The van der Waals surface area contributed by atoms with Gasteiger partial charge in [0.2, 0.25) is 0 Å². The van der Waals surface area contributed by atoms with Crippen molar-refractivity contribution in [2.24, 2.45) is 0 Å². The highest BCUT2D eigenvalue weighted by atomic mass is 35.5. The summed E-state index contributed by atoms with van der Waals surface area (Å²) in [5.74, 6) is 0.809. The van der Waals surface area contributed by atoms with Gasteiger partial charge in [0.1, 0.15) is 11.6 Å². The van der Waals surface area contributed by atoms with E-state index in [1.54, 1.807) is 6.07 Å². The van der Waals surface area contributed by atoms with Crippen LogP contribution in [-0.4, -0.2) is 15.4 Å². The Morgan fingerprint density at radius 2 is 2.05 bits per heavy atom. The maximum Gasteiger partial charge on any atom is 0.144 e. The number of benzene rings is 1. The van der Waals surface area contributed by atoms with E-state index in [1.807, 2.05) is 16.7 Å². The molecule has 1 aromatic carbocycles. The first-order valence-electron chi connectivity index (χ1n) is 6.23. The Bertz CT molecular complexity index is 797. The summed E-state index contributed by atoms with van der Waals surface area (Å²) in [6.07, 6.45) is 0.606. The van der Waals surface area contributed by atoms with Gasteiger partial charge >= 0.3 is 0 Å². The number of halogens is 4. The molecule has 0 bridgehead atoms. The summed E-state index contributed by atoms with van der Waals surface area (Å²) in [6.45, 7) is 0.585. The van der Waals surface area contributed by atoms with E-state index in [0.717, 1.165) is 15.0 Å². The topological polar surface area (TPSA) is 17.8 Å². The lowest BCUT2D eigenvalue weighted by atomic mass is 10.3. The van der Waals surface area contributed by atoms with Crippen LogP contribution in [0.5, 0.6) is 0 Å². The maximum atomic E-state index is 13.7. The molecule has 2 nitrogen and oxygen atoms in total. The number of aromatic nitrogens is 2. The first-order valence-corrected chi connectivity index (χ1v) is 8.33. The highest BCUT2D eigenvalue weighted by Gasteiger charge is 2.14. The van der Waals surface area contributed by atoms with Crippen LogP contribution in [0.1, 0.15) is 10.7 Å². The number of imidazole rings is 1. The SMILES string of the molecule is Fc1cc2c(cc1Cl)nc(CCCl)n2Cc1ccc(Cl)s1. The molecule has 0 radical (unpaired) electrons. The van der Waals surface area contributed by atoms with Crippen molar-refractivity contribution in [1.29, 1.82) is 0 Å². The molecule has 2 heterocycles. The smallest absolute Gasteiger partial charge is 0.144 e. The zero-order valence-corrected chi connectivity index (χ0v) is 13.8. The van der Waals surface area contributed by atoms with Crippen molar-refractivity contribution in [3.8, 4) is 0 Å². The molecular formula is C14H10Cl3FN2S. The van der Waals surface area contributed by atoms with Gasteiger partial charge in [-0.1, -0.05) is 23.2 Å². The van der Waals surface area contributed by atoms with Crippen molar-refractivity contribution in [2.45, 2.75) is 13.0 Å². The van der Waals surface area contributed by atoms with Crippen LogP contribution in [0.2, 0.25) is 9.36 Å². The molecule has 0 saturated carbocycles. The summed E-state index contributed by atoms with van der Waals surface area (Å²) in [5, 5.41) is 0.0729. The highest BCUT2D eigenvalue weighted by Crippen LogP contribution is 2.27. The van der Waals surface area contributed by atoms with Crippen LogP contribution in [0.4, 0.5) is 4.39 Å². The van der Waals surface area contributed by atoms with Crippen LogP contribution in [0.15, 0.2) is 24.3 Å². The van der Waals surface area contributed by atoms with Crippen LogP contribution in [0.3, 0.4) is 0 Å². The molecule has 0 amide bonds. The number of hydrogen-bond acceptors (Lipinski definition) is 2. The third-order valence-electron chi connectivity index (χ3n) is 3.13. The fourth-order valence-corrected chi connectivity index (χ4v) is 3.62. The molecule has 0 aliphatic carbocycles. The van der Waals surface area contributed by atoms with Gasteiger partial charge in [-0.25, -0.2) is 9.37 Å². The number of nitrogens with zero attached hydrogens (tertiary/aromatic N) is 2. The van der Waals surface area contributed by atoms with E-state index >= 15 is 0 Å². The Morgan fingerprint density at radius 1 is 1.24 bits per heavy atom. The molecule has 2 aromatic heterocycles. The number of aryl methyl sites for hydroxylation is 1. The lowest BCUT2D eigenvalue weighted by Crippen LogP contribution is -2.05. The average Bonchev–Trinajstić information content (AvgIpc) is 2.97. The van der Waals surface area contributed by atoms with Crippen molar-refractivity contribution in [3.05, 3.63) is 50.1 Å². The van der Waals surface area contributed by atoms with Gasteiger partial charge < -0.3 is 4.57 Å². The van der Waals surface area contributed by atoms with Crippen LogP contribution < -0.4 is 0 Å². The van der Waals surface area contributed by atoms with E-state index in [9.17, 15) is 4.39 Å². The Hall–Kier alpha value is -0.810. The van der Waals surface area contributed by atoms with Gasteiger partial charge in [0.25, 0.3) is 0 Å². The zero-order chi connectivity index (χ0) is 15.0. The second-order valence-corrected chi connectivity index (χ2v) is 7.10. The largest absolute Gasteiger partial charge is 0.323 e. The number of fused-ring (bicyclic) bond motifs is 1. The fourth-order valence-electron chi connectivity index (χ4n) is 2.21. The zero-order valence-electron chi connectivity index (χ0n) is 10.7. The molecule has 3 aromatic rings. The van der Waals surface area contributed by atoms with E-state index in [0.29, 0.717) is 29.9 Å². The summed E-state index contributed by atoms with van der Waals surface area (Å²) in [5.41, 5.74) is 1.38. The third-order valence-corrected chi connectivity index (χ3v) is 4.82. The molecule has 110 valence electrons. The van der Waals surface area contributed by atoms with Gasteiger partial charge in [0, 0.05) is 23.2 Å². The summed E-state index contributed by atoms with van der Waals surface area (Å²) in [4.78, 5) is 5.58. The maximum absolute atomic E-state index is 13.7. The minimum Gasteiger partial charge on any atom is -0.323 e. The van der Waals surface area contributed by atoms with E-state index in [1.165, 1.54) is 17.4 Å².